The van der Waals surface area contributed by atoms with Crippen LogP contribution in [0.15, 0.2) is 12.2 Å². The topological polar surface area (TPSA) is 52.3 Å². The van der Waals surface area contributed by atoms with E-state index < -0.39 is 0 Å². The van der Waals surface area contributed by atoms with E-state index in [1.165, 1.54) is 13.5 Å². The Morgan fingerprint density at radius 1 is 1.57 bits per heavy atom. The van der Waals surface area contributed by atoms with Crippen molar-refractivity contribution in [3.05, 3.63) is 12.2 Å². The summed E-state index contributed by atoms with van der Waals surface area (Å²) in [4.78, 5) is 11.5. The Hall–Kier alpha value is -0.830. The van der Waals surface area contributed by atoms with Crippen LogP contribution in [-0.2, 0) is 9.53 Å². The zero-order chi connectivity index (χ0) is 10.1. The Kier molecular flexibility index (Phi) is 2.59. The Morgan fingerprint density at radius 2 is 2.36 bits per heavy atom. The molecule has 4 unspecified atom stereocenters. The molecule has 3 heteroatoms. The molecule has 2 N–H and O–H groups in total. The molecule has 0 amide bonds. The predicted molar refractivity (Wildman–Crippen MR) is 53.4 cm³/mol. The predicted octanol–water partition coefficient (Wildman–Crippen LogP) is 0.946. The van der Waals surface area contributed by atoms with Gasteiger partial charge >= 0.3 is 5.97 Å². The van der Waals surface area contributed by atoms with Crippen LogP contribution in [0, 0.1) is 23.7 Å². The quantitative estimate of drug-likeness (QED) is 0.538. The van der Waals surface area contributed by atoms with Gasteiger partial charge in [-0.05, 0) is 30.6 Å². The van der Waals surface area contributed by atoms with Crippen LogP contribution in [0.1, 0.15) is 12.8 Å². The number of methoxy groups -OCH3 is 1. The largest absolute Gasteiger partial charge is 0.469 e. The highest BCUT2D eigenvalue weighted by molar-refractivity contribution is 5.73. The van der Waals surface area contributed by atoms with Gasteiger partial charge in [-0.15, -0.1) is 0 Å². The number of carbonyl (C=O) groups excluding carboxylic acids is 1. The SMILES string of the molecule is COC(=O)C(CN)C1CC2C=CC1C2. The molecule has 14 heavy (non-hydrogen) atoms. The Labute approximate surface area is 84.3 Å². The highest BCUT2D eigenvalue weighted by Crippen LogP contribution is 2.46. The molecule has 0 aromatic carbocycles. The number of carbonyl (C=O) groups is 1. The second-order valence-corrected chi connectivity index (χ2v) is 4.31. The van der Waals surface area contributed by atoms with E-state index in [0.717, 1.165) is 6.42 Å². The summed E-state index contributed by atoms with van der Waals surface area (Å²) in [5.41, 5.74) is 5.64. The number of allylic oxidation sites excluding steroid dienone is 2. The normalized spacial score (nSPS) is 36.0. The zero-order valence-electron chi connectivity index (χ0n) is 8.48. The van der Waals surface area contributed by atoms with Crippen LogP contribution < -0.4 is 5.73 Å². The molecule has 0 heterocycles. The van der Waals surface area contributed by atoms with Gasteiger partial charge < -0.3 is 10.5 Å². The average molecular weight is 195 g/mol. The summed E-state index contributed by atoms with van der Waals surface area (Å²) in [6.07, 6.45) is 6.83. The summed E-state index contributed by atoms with van der Waals surface area (Å²) in [6.45, 7) is 0.411. The number of rotatable bonds is 3. The molecule has 2 aliphatic rings. The number of hydrogen-bond donors (Lipinski definition) is 1. The summed E-state index contributed by atoms with van der Waals surface area (Å²) in [6, 6.07) is 0. The van der Waals surface area contributed by atoms with E-state index in [2.05, 4.69) is 12.2 Å². The molecule has 4 atom stereocenters. The smallest absolute Gasteiger partial charge is 0.310 e. The molecule has 0 saturated heterocycles. The first kappa shape index (κ1) is 9.71. The van der Waals surface area contributed by atoms with Gasteiger partial charge in [0.15, 0.2) is 0 Å². The van der Waals surface area contributed by atoms with Crippen molar-refractivity contribution >= 4 is 5.97 Å². The van der Waals surface area contributed by atoms with Crippen LogP contribution in [0.5, 0.6) is 0 Å². The third kappa shape index (κ3) is 1.46. The highest BCUT2D eigenvalue weighted by Gasteiger charge is 2.42. The van der Waals surface area contributed by atoms with E-state index in [0.29, 0.717) is 24.3 Å². The minimum Gasteiger partial charge on any atom is -0.469 e. The highest BCUT2D eigenvalue weighted by atomic mass is 16.5. The Morgan fingerprint density at radius 3 is 2.79 bits per heavy atom. The molecule has 2 aliphatic carbocycles. The van der Waals surface area contributed by atoms with Gasteiger partial charge in [0, 0.05) is 6.54 Å². The minimum atomic E-state index is -0.140. The van der Waals surface area contributed by atoms with Gasteiger partial charge in [0.1, 0.15) is 0 Å². The first-order valence-electron chi connectivity index (χ1n) is 5.22. The van der Waals surface area contributed by atoms with Crippen LogP contribution in [0.4, 0.5) is 0 Å². The molecule has 0 spiro atoms. The molecule has 0 radical (unpaired) electrons. The van der Waals surface area contributed by atoms with Gasteiger partial charge in [0.2, 0.25) is 0 Å². The zero-order valence-corrected chi connectivity index (χ0v) is 8.48. The lowest BCUT2D eigenvalue weighted by atomic mass is 9.82. The van der Waals surface area contributed by atoms with Crippen LogP contribution in [-0.4, -0.2) is 19.6 Å². The number of esters is 1. The van der Waals surface area contributed by atoms with Crippen molar-refractivity contribution < 1.29 is 9.53 Å². The van der Waals surface area contributed by atoms with Gasteiger partial charge in [-0.25, -0.2) is 0 Å². The Balaban J connectivity index is 2.06. The van der Waals surface area contributed by atoms with Crippen molar-refractivity contribution in [3.63, 3.8) is 0 Å². The van der Waals surface area contributed by atoms with E-state index in [9.17, 15) is 4.79 Å². The van der Waals surface area contributed by atoms with Crippen molar-refractivity contribution in [2.75, 3.05) is 13.7 Å². The van der Waals surface area contributed by atoms with Gasteiger partial charge in [-0.2, -0.15) is 0 Å². The molecule has 2 rings (SSSR count). The van der Waals surface area contributed by atoms with E-state index >= 15 is 0 Å². The summed E-state index contributed by atoms with van der Waals surface area (Å²) in [7, 11) is 1.44. The minimum absolute atomic E-state index is 0.0973. The standard InChI is InChI=1S/C11H17NO2/c1-14-11(13)10(6-12)9-5-7-2-3-8(9)4-7/h2-3,7-10H,4-6,12H2,1H3. The maximum absolute atomic E-state index is 11.5. The summed E-state index contributed by atoms with van der Waals surface area (Å²) < 4.78 is 4.78. The molecule has 0 aliphatic heterocycles. The number of hydrogen-bond acceptors (Lipinski definition) is 3. The van der Waals surface area contributed by atoms with Crippen molar-refractivity contribution in [2.24, 2.45) is 29.4 Å². The van der Waals surface area contributed by atoms with Crippen molar-refractivity contribution in [1.82, 2.24) is 0 Å². The maximum atomic E-state index is 11.5. The molecule has 1 saturated carbocycles. The monoisotopic (exact) mass is 195 g/mol. The van der Waals surface area contributed by atoms with Gasteiger partial charge in [-0.3, -0.25) is 4.79 Å². The molecule has 0 aromatic heterocycles. The van der Waals surface area contributed by atoms with Crippen LogP contribution in [0.2, 0.25) is 0 Å². The van der Waals surface area contributed by atoms with Crippen LogP contribution >= 0.6 is 0 Å². The number of fused-ring (bicyclic) bond motifs is 2. The number of nitrogens with two attached hydrogens (primary N) is 1. The fraction of sp³-hybridized carbons (Fsp3) is 0.727. The fourth-order valence-corrected chi connectivity index (χ4v) is 2.88. The lowest BCUT2D eigenvalue weighted by molar-refractivity contribution is -0.147. The second-order valence-electron chi connectivity index (χ2n) is 4.31. The molecule has 2 bridgehead atoms. The molecular weight excluding hydrogens is 178 g/mol. The van der Waals surface area contributed by atoms with Gasteiger partial charge in [0.25, 0.3) is 0 Å². The summed E-state index contributed by atoms with van der Waals surface area (Å²) >= 11 is 0. The average Bonchev–Trinajstić information content (AvgIpc) is 2.80. The summed E-state index contributed by atoms with van der Waals surface area (Å²) in [5.74, 6) is 1.43. The lowest BCUT2D eigenvalue weighted by Gasteiger charge is -2.25. The van der Waals surface area contributed by atoms with Gasteiger partial charge in [0.05, 0.1) is 13.0 Å². The maximum Gasteiger partial charge on any atom is 0.310 e. The van der Waals surface area contributed by atoms with E-state index in [-0.39, 0.29) is 11.9 Å². The molecule has 0 aromatic rings. The molecule has 3 nitrogen and oxygen atoms in total. The third-order valence-corrected chi connectivity index (χ3v) is 3.60. The van der Waals surface area contributed by atoms with Crippen LogP contribution in [0.3, 0.4) is 0 Å². The molecule has 1 fully saturated rings. The van der Waals surface area contributed by atoms with E-state index in [1.54, 1.807) is 0 Å². The number of ether oxygens (including phenoxy) is 1. The molecule has 78 valence electrons. The van der Waals surface area contributed by atoms with Crippen molar-refractivity contribution in [1.29, 1.82) is 0 Å². The van der Waals surface area contributed by atoms with Crippen molar-refractivity contribution in [2.45, 2.75) is 12.8 Å². The van der Waals surface area contributed by atoms with E-state index in [1.807, 2.05) is 0 Å². The van der Waals surface area contributed by atoms with Crippen LogP contribution in [0.25, 0.3) is 0 Å². The van der Waals surface area contributed by atoms with Crippen molar-refractivity contribution in [3.8, 4) is 0 Å². The van der Waals surface area contributed by atoms with Gasteiger partial charge in [-0.1, -0.05) is 12.2 Å². The second kappa shape index (κ2) is 3.73. The fourth-order valence-electron chi connectivity index (χ4n) is 2.88. The first-order valence-corrected chi connectivity index (χ1v) is 5.22. The summed E-state index contributed by atoms with van der Waals surface area (Å²) in [5, 5.41) is 0. The lowest BCUT2D eigenvalue weighted by Crippen LogP contribution is -2.33. The first-order chi connectivity index (χ1) is 6.76. The molecular formula is C11H17NO2. The Bertz CT molecular complexity index is 262. The third-order valence-electron chi connectivity index (χ3n) is 3.60. The van der Waals surface area contributed by atoms with E-state index in [4.69, 9.17) is 10.5 Å².